The Bertz CT molecular complexity index is 770. The second-order valence-electron chi connectivity index (χ2n) is 6.03. The minimum absolute atomic E-state index is 0.292. The van der Waals surface area contributed by atoms with Crippen LogP contribution in [-0.4, -0.2) is 30.3 Å². The molecule has 0 radical (unpaired) electrons. The van der Waals surface area contributed by atoms with Gasteiger partial charge in [-0.05, 0) is 19.8 Å². The maximum Gasteiger partial charge on any atom is 0.332 e. The molecule has 2 aromatic heterocycles. The van der Waals surface area contributed by atoms with Gasteiger partial charge in [0.15, 0.2) is 5.65 Å². The lowest BCUT2D eigenvalue weighted by molar-refractivity contribution is 0.193. The van der Waals surface area contributed by atoms with Crippen LogP contribution in [0.5, 0.6) is 0 Å². The molecule has 2 N–H and O–H groups in total. The standard InChI is InChI=1S/C16H26N4O3/c1-4-6-8-19-14-13(17-12(18-14)10-11(3)21)15(22)20(16(19)23)9-7-5-2/h11,21H,4-10H2,1-3H3,(H,17,18). The van der Waals surface area contributed by atoms with Gasteiger partial charge in [-0.15, -0.1) is 0 Å². The quantitative estimate of drug-likeness (QED) is 0.768. The molecule has 0 bridgehead atoms. The van der Waals surface area contributed by atoms with Crippen molar-refractivity contribution in [2.75, 3.05) is 0 Å². The molecule has 2 rings (SSSR count). The first-order valence-corrected chi connectivity index (χ1v) is 8.39. The van der Waals surface area contributed by atoms with E-state index in [1.165, 1.54) is 4.57 Å². The fourth-order valence-corrected chi connectivity index (χ4v) is 2.62. The average Bonchev–Trinajstić information content (AvgIpc) is 2.90. The van der Waals surface area contributed by atoms with Crippen LogP contribution in [0.1, 0.15) is 52.3 Å². The molecule has 2 aromatic rings. The Balaban J connectivity index is 2.63. The number of fused-ring (bicyclic) bond motifs is 1. The van der Waals surface area contributed by atoms with Crippen LogP contribution in [-0.2, 0) is 19.5 Å². The maximum absolute atomic E-state index is 12.7. The number of unbranched alkanes of at least 4 members (excludes halogenated alkanes) is 2. The Morgan fingerprint density at radius 3 is 2.30 bits per heavy atom. The number of nitrogens with zero attached hydrogens (tertiary/aromatic N) is 3. The van der Waals surface area contributed by atoms with Gasteiger partial charge in [0.05, 0.1) is 6.10 Å². The average molecular weight is 322 g/mol. The zero-order valence-corrected chi connectivity index (χ0v) is 14.1. The fraction of sp³-hybridized carbons (Fsp3) is 0.688. The van der Waals surface area contributed by atoms with Crippen molar-refractivity contribution in [1.82, 2.24) is 19.1 Å². The second kappa shape index (κ2) is 7.59. The third kappa shape index (κ3) is 3.72. The predicted molar refractivity (Wildman–Crippen MR) is 89.8 cm³/mol. The molecule has 7 nitrogen and oxygen atoms in total. The maximum atomic E-state index is 12.7. The second-order valence-corrected chi connectivity index (χ2v) is 6.03. The summed E-state index contributed by atoms with van der Waals surface area (Å²) < 4.78 is 2.88. The Labute approximate surface area is 135 Å². The van der Waals surface area contributed by atoms with Gasteiger partial charge >= 0.3 is 5.69 Å². The van der Waals surface area contributed by atoms with Crippen molar-refractivity contribution < 1.29 is 5.11 Å². The third-order valence-electron chi connectivity index (χ3n) is 3.87. The summed E-state index contributed by atoms with van der Waals surface area (Å²) in [5.74, 6) is 0.532. The largest absolute Gasteiger partial charge is 0.393 e. The van der Waals surface area contributed by atoms with E-state index in [-0.39, 0.29) is 11.2 Å². The molecule has 0 spiro atoms. The number of hydrogen-bond acceptors (Lipinski definition) is 4. The predicted octanol–water partition coefficient (Wildman–Crippen LogP) is 1.41. The fourth-order valence-electron chi connectivity index (χ4n) is 2.62. The van der Waals surface area contributed by atoms with Gasteiger partial charge in [-0.2, -0.15) is 0 Å². The third-order valence-corrected chi connectivity index (χ3v) is 3.87. The molecule has 7 heteroatoms. The van der Waals surface area contributed by atoms with E-state index in [0.717, 1.165) is 25.7 Å². The van der Waals surface area contributed by atoms with Gasteiger partial charge in [-0.1, -0.05) is 26.7 Å². The van der Waals surface area contributed by atoms with E-state index in [4.69, 9.17) is 0 Å². The van der Waals surface area contributed by atoms with Gasteiger partial charge < -0.3 is 10.1 Å². The summed E-state index contributed by atoms with van der Waals surface area (Å²) in [6.07, 6.45) is 3.25. The molecular weight excluding hydrogens is 296 g/mol. The van der Waals surface area contributed by atoms with E-state index >= 15 is 0 Å². The summed E-state index contributed by atoms with van der Waals surface area (Å²) in [6.45, 7) is 6.70. The monoisotopic (exact) mass is 322 g/mol. The summed E-state index contributed by atoms with van der Waals surface area (Å²) >= 11 is 0. The van der Waals surface area contributed by atoms with Crippen LogP contribution >= 0.6 is 0 Å². The molecule has 0 aliphatic heterocycles. The molecule has 1 atom stereocenters. The highest BCUT2D eigenvalue weighted by molar-refractivity contribution is 5.69. The lowest BCUT2D eigenvalue weighted by Crippen LogP contribution is -2.40. The molecule has 0 aliphatic rings. The van der Waals surface area contributed by atoms with Gasteiger partial charge in [-0.3, -0.25) is 13.9 Å². The van der Waals surface area contributed by atoms with E-state index in [2.05, 4.69) is 16.9 Å². The van der Waals surface area contributed by atoms with Crippen LogP contribution in [0.15, 0.2) is 9.59 Å². The molecule has 1 unspecified atom stereocenters. The van der Waals surface area contributed by atoms with Gasteiger partial charge in [0, 0.05) is 19.5 Å². The number of aromatic amines is 1. The van der Waals surface area contributed by atoms with Crippen LogP contribution in [0.4, 0.5) is 0 Å². The number of aliphatic hydroxyl groups excluding tert-OH is 1. The summed E-state index contributed by atoms with van der Waals surface area (Å²) in [5, 5.41) is 9.52. The van der Waals surface area contributed by atoms with Crippen molar-refractivity contribution in [3.8, 4) is 0 Å². The summed E-state index contributed by atoms with van der Waals surface area (Å²) in [6, 6.07) is 0. The summed E-state index contributed by atoms with van der Waals surface area (Å²) in [4.78, 5) is 32.6. The van der Waals surface area contributed by atoms with Crippen LogP contribution in [0.3, 0.4) is 0 Å². The lowest BCUT2D eigenvalue weighted by atomic mass is 10.3. The molecule has 0 fully saturated rings. The molecule has 0 saturated carbocycles. The van der Waals surface area contributed by atoms with Crippen LogP contribution in [0, 0.1) is 0 Å². The number of rotatable bonds is 8. The number of nitrogens with one attached hydrogen (secondary N) is 1. The molecule has 0 saturated heterocycles. The SMILES string of the molecule is CCCCn1c(=O)c2[nH]c(CC(C)O)nc2n(CCCC)c1=O. The number of H-pyrrole nitrogens is 1. The number of hydrogen-bond donors (Lipinski definition) is 2. The molecular formula is C16H26N4O3. The number of aromatic nitrogens is 4. The van der Waals surface area contributed by atoms with Crippen molar-refractivity contribution in [1.29, 1.82) is 0 Å². The Morgan fingerprint density at radius 1 is 1.13 bits per heavy atom. The molecule has 0 aliphatic carbocycles. The van der Waals surface area contributed by atoms with E-state index in [1.54, 1.807) is 11.5 Å². The molecule has 2 heterocycles. The Kier molecular flexibility index (Phi) is 5.76. The molecule has 0 amide bonds. The minimum atomic E-state index is -0.561. The highest BCUT2D eigenvalue weighted by Gasteiger charge is 2.17. The van der Waals surface area contributed by atoms with Crippen LogP contribution < -0.4 is 11.2 Å². The normalized spacial score (nSPS) is 12.9. The van der Waals surface area contributed by atoms with E-state index in [1.807, 2.05) is 6.92 Å². The molecule has 128 valence electrons. The Hall–Kier alpha value is -1.89. The highest BCUT2D eigenvalue weighted by Crippen LogP contribution is 2.09. The lowest BCUT2D eigenvalue weighted by Gasteiger charge is -2.10. The van der Waals surface area contributed by atoms with E-state index < -0.39 is 6.10 Å². The highest BCUT2D eigenvalue weighted by atomic mass is 16.3. The summed E-state index contributed by atoms with van der Waals surface area (Å²) in [7, 11) is 0. The first-order chi connectivity index (χ1) is 11.0. The molecule has 23 heavy (non-hydrogen) atoms. The van der Waals surface area contributed by atoms with E-state index in [0.29, 0.717) is 36.5 Å². The van der Waals surface area contributed by atoms with Crippen molar-refractivity contribution in [3.63, 3.8) is 0 Å². The first-order valence-electron chi connectivity index (χ1n) is 8.39. The smallest absolute Gasteiger partial charge is 0.332 e. The molecule has 0 aromatic carbocycles. The number of aliphatic hydroxyl groups is 1. The van der Waals surface area contributed by atoms with Crippen molar-refractivity contribution in [2.45, 2.75) is 72.1 Å². The van der Waals surface area contributed by atoms with Crippen molar-refractivity contribution in [3.05, 3.63) is 26.7 Å². The van der Waals surface area contributed by atoms with Gasteiger partial charge in [0.25, 0.3) is 5.56 Å². The van der Waals surface area contributed by atoms with Crippen molar-refractivity contribution >= 4 is 11.2 Å². The first kappa shape index (κ1) is 17.5. The minimum Gasteiger partial charge on any atom is -0.393 e. The zero-order valence-electron chi connectivity index (χ0n) is 14.1. The topological polar surface area (TPSA) is 92.9 Å². The van der Waals surface area contributed by atoms with Gasteiger partial charge in [-0.25, -0.2) is 9.78 Å². The van der Waals surface area contributed by atoms with Crippen LogP contribution in [0.2, 0.25) is 0 Å². The number of imidazole rings is 1. The van der Waals surface area contributed by atoms with Gasteiger partial charge in [0.1, 0.15) is 11.3 Å². The van der Waals surface area contributed by atoms with E-state index in [9.17, 15) is 14.7 Å². The number of aryl methyl sites for hydroxylation is 1. The Morgan fingerprint density at radius 2 is 1.74 bits per heavy atom. The van der Waals surface area contributed by atoms with Crippen molar-refractivity contribution in [2.24, 2.45) is 0 Å². The van der Waals surface area contributed by atoms with Crippen LogP contribution in [0.25, 0.3) is 11.2 Å². The summed E-state index contributed by atoms with van der Waals surface area (Å²) in [5.41, 5.74) is 0.138. The van der Waals surface area contributed by atoms with Gasteiger partial charge in [0.2, 0.25) is 0 Å². The zero-order chi connectivity index (χ0) is 17.0.